The molecule has 0 aliphatic carbocycles. The van der Waals surface area contributed by atoms with E-state index in [0.717, 1.165) is 25.9 Å². The van der Waals surface area contributed by atoms with Crippen molar-refractivity contribution in [3.05, 3.63) is 34.8 Å². The number of nitrogens with one attached hydrogen (secondary N) is 1. The predicted octanol–water partition coefficient (Wildman–Crippen LogP) is 4.36. The Balaban J connectivity index is 1.65. The molecule has 3 aromatic rings. The lowest BCUT2D eigenvalue weighted by Crippen LogP contribution is -2.22. The van der Waals surface area contributed by atoms with Crippen LogP contribution in [0.15, 0.2) is 28.6 Å². The monoisotopic (exact) mass is 407 g/mol. The van der Waals surface area contributed by atoms with Crippen molar-refractivity contribution in [2.45, 2.75) is 30.4 Å². The number of para-hydroxylation sites is 1. The molecule has 0 saturated carbocycles. The van der Waals surface area contributed by atoms with Crippen LogP contribution >= 0.6 is 34.4 Å². The van der Waals surface area contributed by atoms with Crippen LogP contribution in [0.4, 0.5) is 5.13 Å². The Bertz CT molecular complexity index is 918. The number of thiazole rings is 2. The number of carbonyl (C=O) groups is 2. The van der Waals surface area contributed by atoms with Crippen LogP contribution in [0, 0.1) is 6.92 Å². The highest BCUT2D eigenvalue weighted by Crippen LogP contribution is 2.32. The van der Waals surface area contributed by atoms with E-state index in [2.05, 4.69) is 15.3 Å². The molecule has 0 fully saturated rings. The first-order valence-electron chi connectivity index (χ1n) is 7.95. The first-order valence-corrected chi connectivity index (χ1v) is 10.5. The van der Waals surface area contributed by atoms with Crippen LogP contribution in [-0.2, 0) is 9.53 Å². The summed E-state index contributed by atoms with van der Waals surface area (Å²) in [6, 6.07) is 7.88. The SMILES string of the molecule is CCOC(=O)c1sc(NC(=O)C(C)Sc2nc3ccccc3s2)nc1C. The normalized spacial score (nSPS) is 12.1. The van der Waals surface area contributed by atoms with E-state index in [9.17, 15) is 9.59 Å². The van der Waals surface area contributed by atoms with Crippen molar-refractivity contribution in [2.75, 3.05) is 11.9 Å². The van der Waals surface area contributed by atoms with Crippen molar-refractivity contribution in [3.63, 3.8) is 0 Å². The van der Waals surface area contributed by atoms with E-state index in [1.54, 1.807) is 25.2 Å². The minimum atomic E-state index is -0.417. The van der Waals surface area contributed by atoms with Gasteiger partial charge in [0, 0.05) is 0 Å². The number of benzene rings is 1. The number of esters is 1. The summed E-state index contributed by atoms with van der Waals surface area (Å²) >= 11 is 4.09. The Kier molecular flexibility index (Phi) is 5.90. The summed E-state index contributed by atoms with van der Waals surface area (Å²) in [5.41, 5.74) is 1.48. The van der Waals surface area contributed by atoms with Gasteiger partial charge in [-0.3, -0.25) is 4.79 Å². The molecular weight excluding hydrogens is 390 g/mol. The average Bonchev–Trinajstić information content (AvgIpc) is 3.17. The minimum Gasteiger partial charge on any atom is -0.462 e. The molecular formula is C17H17N3O3S3. The van der Waals surface area contributed by atoms with E-state index < -0.39 is 5.97 Å². The number of hydrogen-bond donors (Lipinski definition) is 1. The molecule has 1 N–H and O–H groups in total. The molecule has 0 bridgehead atoms. The maximum atomic E-state index is 12.4. The third-order valence-electron chi connectivity index (χ3n) is 3.41. The van der Waals surface area contributed by atoms with Gasteiger partial charge in [-0.25, -0.2) is 14.8 Å². The van der Waals surface area contributed by atoms with Crippen LogP contribution in [0.1, 0.15) is 29.2 Å². The molecule has 0 aliphatic rings. The number of nitrogens with zero attached hydrogens (tertiary/aromatic N) is 2. The van der Waals surface area contributed by atoms with E-state index >= 15 is 0 Å². The van der Waals surface area contributed by atoms with Crippen molar-refractivity contribution in [2.24, 2.45) is 0 Å². The molecule has 0 spiro atoms. The fraction of sp³-hybridized carbons (Fsp3) is 0.294. The third kappa shape index (κ3) is 4.22. The van der Waals surface area contributed by atoms with E-state index in [1.807, 2.05) is 31.2 Å². The highest BCUT2D eigenvalue weighted by atomic mass is 32.2. The highest BCUT2D eigenvalue weighted by molar-refractivity contribution is 8.02. The number of amides is 1. The topological polar surface area (TPSA) is 81.2 Å². The van der Waals surface area contributed by atoms with Gasteiger partial charge in [-0.1, -0.05) is 35.2 Å². The number of rotatable bonds is 6. The van der Waals surface area contributed by atoms with Crippen LogP contribution in [0.25, 0.3) is 10.2 Å². The van der Waals surface area contributed by atoms with Crippen molar-refractivity contribution in [1.29, 1.82) is 0 Å². The second kappa shape index (κ2) is 8.15. The Hall–Kier alpha value is -1.97. The molecule has 1 aromatic carbocycles. The largest absolute Gasteiger partial charge is 0.462 e. The lowest BCUT2D eigenvalue weighted by atomic mass is 10.3. The van der Waals surface area contributed by atoms with Gasteiger partial charge in [-0.2, -0.15) is 0 Å². The van der Waals surface area contributed by atoms with Crippen molar-refractivity contribution in [3.8, 4) is 0 Å². The van der Waals surface area contributed by atoms with Crippen molar-refractivity contribution < 1.29 is 14.3 Å². The number of aromatic nitrogens is 2. The third-order valence-corrected chi connectivity index (χ3v) is 6.69. The van der Waals surface area contributed by atoms with Crippen LogP contribution in [0.3, 0.4) is 0 Å². The number of hydrogen-bond acceptors (Lipinski definition) is 8. The molecule has 9 heteroatoms. The van der Waals surface area contributed by atoms with Crippen LogP contribution < -0.4 is 5.32 Å². The zero-order chi connectivity index (χ0) is 18.7. The lowest BCUT2D eigenvalue weighted by molar-refractivity contribution is -0.115. The summed E-state index contributed by atoms with van der Waals surface area (Å²) in [4.78, 5) is 33.5. The van der Waals surface area contributed by atoms with Crippen molar-refractivity contribution in [1.82, 2.24) is 9.97 Å². The maximum Gasteiger partial charge on any atom is 0.350 e. The molecule has 26 heavy (non-hydrogen) atoms. The molecule has 1 unspecified atom stereocenters. The molecule has 0 aliphatic heterocycles. The summed E-state index contributed by atoms with van der Waals surface area (Å²) in [7, 11) is 0. The predicted molar refractivity (Wildman–Crippen MR) is 106 cm³/mol. The van der Waals surface area contributed by atoms with Gasteiger partial charge in [-0.15, -0.1) is 11.3 Å². The maximum absolute atomic E-state index is 12.4. The zero-order valence-corrected chi connectivity index (χ0v) is 16.9. The Morgan fingerprint density at radius 3 is 2.77 bits per heavy atom. The van der Waals surface area contributed by atoms with Crippen LogP contribution in [0.2, 0.25) is 0 Å². The number of ether oxygens (including phenoxy) is 1. The Labute approximate surface area is 163 Å². The van der Waals surface area contributed by atoms with E-state index in [1.165, 1.54) is 11.8 Å². The summed E-state index contributed by atoms with van der Waals surface area (Å²) in [5, 5.41) is 2.82. The fourth-order valence-electron chi connectivity index (χ4n) is 2.15. The van der Waals surface area contributed by atoms with Gasteiger partial charge < -0.3 is 10.1 Å². The van der Waals surface area contributed by atoms with Gasteiger partial charge in [-0.05, 0) is 32.9 Å². The number of carbonyl (C=O) groups excluding carboxylic acids is 2. The van der Waals surface area contributed by atoms with Crippen LogP contribution in [-0.4, -0.2) is 33.7 Å². The zero-order valence-electron chi connectivity index (χ0n) is 14.4. The van der Waals surface area contributed by atoms with Gasteiger partial charge in [0.15, 0.2) is 9.47 Å². The molecule has 2 heterocycles. The standard InChI is InChI=1S/C17H17N3O3S3/c1-4-23-15(22)13-9(2)18-16(26-13)20-14(21)10(3)24-17-19-11-7-5-6-8-12(11)25-17/h5-8,10H,4H2,1-3H3,(H,18,20,21). The molecule has 6 nitrogen and oxygen atoms in total. The summed E-state index contributed by atoms with van der Waals surface area (Å²) in [6.07, 6.45) is 0. The molecule has 136 valence electrons. The van der Waals surface area contributed by atoms with E-state index in [4.69, 9.17) is 4.74 Å². The summed E-state index contributed by atoms with van der Waals surface area (Å²) in [6.45, 7) is 5.59. The summed E-state index contributed by atoms with van der Waals surface area (Å²) in [5.74, 6) is -0.599. The molecule has 3 rings (SSSR count). The van der Waals surface area contributed by atoms with Crippen LogP contribution in [0.5, 0.6) is 0 Å². The van der Waals surface area contributed by atoms with Crippen molar-refractivity contribution >= 4 is 61.7 Å². The molecule has 1 atom stereocenters. The number of anilines is 1. The number of aryl methyl sites for hydroxylation is 1. The average molecular weight is 408 g/mol. The highest BCUT2D eigenvalue weighted by Gasteiger charge is 2.21. The number of fused-ring (bicyclic) bond motifs is 1. The first kappa shape index (κ1) is 18.8. The quantitative estimate of drug-likeness (QED) is 0.483. The fourth-order valence-corrected chi connectivity index (χ4v) is 5.22. The van der Waals surface area contributed by atoms with Gasteiger partial charge in [0.05, 0.1) is 27.8 Å². The molecule has 1 amide bonds. The van der Waals surface area contributed by atoms with Gasteiger partial charge in [0.1, 0.15) is 4.88 Å². The molecule has 2 aromatic heterocycles. The Morgan fingerprint density at radius 2 is 2.04 bits per heavy atom. The van der Waals surface area contributed by atoms with Gasteiger partial charge in [0.2, 0.25) is 5.91 Å². The lowest BCUT2D eigenvalue weighted by Gasteiger charge is -2.08. The summed E-state index contributed by atoms with van der Waals surface area (Å²) < 4.78 is 6.93. The smallest absolute Gasteiger partial charge is 0.350 e. The second-order valence-corrected chi connectivity index (χ2v) is 8.97. The van der Waals surface area contributed by atoms with E-state index in [0.29, 0.717) is 22.3 Å². The van der Waals surface area contributed by atoms with Gasteiger partial charge in [0.25, 0.3) is 0 Å². The molecule has 0 saturated heterocycles. The first-order chi connectivity index (χ1) is 12.5. The second-order valence-electron chi connectivity index (χ2n) is 5.35. The number of thioether (sulfide) groups is 1. The Morgan fingerprint density at radius 1 is 1.27 bits per heavy atom. The van der Waals surface area contributed by atoms with E-state index in [-0.39, 0.29) is 11.2 Å². The van der Waals surface area contributed by atoms with Gasteiger partial charge >= 0.3 is 5.97 Å². The molecule has 0 radical (unpaired) electrons. The minimum absolute atomic E-state index is 0.182.